The number of furan rings is 1. The third kappa shape index (κ3) is 3.30. The summed E-state index contributed by atoms with van der Waals surface area (Å²) in [5.41, 5.74) is -1.37. The average Bonchev–Trinajstić information content (AvgIpc) is 2.78. The molecule has 2 rings (SSSR count). The van der Waals surface area contributed by atoms with Gasteiger partial charge in [-0.3, -0.25) is 4.79 Å². The summed E-state index contributed by atoms with van der Waals surface area (Å²) in [6.45, 7) is 0.476. The fourth-order valence-corrected chi connectivity index (χ4v) is 1.77. The minimum Gasteiger partial charge on any atom is -0.463 e. The molecular weight excluding hydrogens is 273 g/mol. The van der Waals surface area contributed by atoms with Crippen LogP contribution < -0.4 is 10.9 Å². The lowest BCUT2D eigenvalue weighted by atomic mass is 10.2. The van der Waals surface area contributed by atoms with Gasteiger partial charge in [0.2, 0.25) is 0 Å². The molecule has 0 saturated heterocycles. The molecule has 108 valence electrons. The smallest absolute Gasteiger partial charge is 0.417 e. The summed E-state index contributed by atoms with van der Waals surface area (Å²) in [5, 5.41) is 2.89. The second-order valence-corrected chi connectivity index (χ2v) is 4.28. The van der Waals surface area contributed by atoms with E-state index in [1.807, 2.05) is 0 Å². The largest absolute Gasteiger partial charge is 0.463 e. The van der Waals surface area contributed by atoms with Gasteiger partial charge in [-0.05, 0) is 25.2 Å². The van der Waals surface area contributed by atoms with Crippen molar-refractivity contribution >= 4 is 0 Å². The van der Waals surface area contributed by atoms with E-state index >= 15 is 0 Å². The molecule has 0 aromatic carbocycles. The standard InChI is InChI=1S/C13H13F3N2O2/c1-17-6-10-3-4-11(20-10)8-18-7-9(13(14,15)16)2-5-12(18)19/h2-5,7,17H,6,8H2,1H3. The van der Waals surface area contributed by atoms with Crippen LogP contribution in [-0.4, -0.2) is 11.6 Å². The average molecular weight is 286 g/mol. The Labute approximate surface area is 112 Å². The van der Waals surface area contributed by atoms with Crippen molar-refractivity contribution in [2.75, 3.05) is 7.05 Å². The van der Waals surface area contributed by atoms with Gasteiger partial charge in [-0.15, -0.1) is 0 Å². The van der Waals surface area contributed by atoms with E-state index in [1.165, 1.54) is 0 Å². The van der Waals surface area contributed by atoms with Crippen LogP contribution >= 0.6 is 0 Å². The summed E-state index contributed by atoms with van der Waals surface area (Å²) < 4.78 is 44.2. The summed E-state index contributed by atoms with van der Waals surface area (Å²) in [6, 6.07) is 5.03. The number of nitrogens with zero attached hydrogens (tertiary/aromatic N) is 1. The molecule has 0 amide bonds. The van der Waals surface area contributed by atoms with Crippen molar-refractivity contribution in [2.45, 2.75) is 19.3 Å². The maximum atomic E-state index is 12.6. The normalized spacial score (nSPS) is 11.8. The van der Waals surface area contributed by atoms with E-state index in [-0.39, 0.29) is 6.54 Å². The molecule has 0 radical (unpaired) electrons. The van der Waals surface area contributed by atoms with Crippen molar-refractivity contribution in [2.24, 2.45) is 0 Å². The van der Waals surface area contributed by atoms with Crippen LogP contribution in [0.4, 0.5) is 13.2 Å². The molecule has 1 N–H and O–H groups in total. The highest BCUT2D eigenvalue weighted by Gasteiger charge is 2.31. The summed E-state index contributed by atoms with van der Waals surface area (Å²) in [4.78, 5) is 11.6. The lowest BCUT2D eigenvalue weighted by Crippen LogP contribution is -2.21. The van der Waals surface area contributed by atoms with Crippen molar-refractivity contribution in [1.82, 2.24) is 9.88 Å². The quantitative estimate of drug-likeness (QED) is 0.937. The number of aromatic nitrogens is 1. The molecule has 0 fully saturated rings. The predicted octanol–water partition coefficient (Wildman–Crippen LogP) is 2.23. The van der Waals surface area contributed by atoms with Crippen LogP contribution in [0.25, 0.3) is 0 Å². The molecule has 2 aromatic heterocycles. The highest BCUT2D eigenvalue weighted by Crippen LogP contribution is 2.28. The summed E-state index contributed by atoms with van der Waals surface area (Å²) in [7, 11) is 1.75. The molecule has 0 unspecified atom stereocenters. The number of hydrogen-bond acceptors (Lipinski definition) is 3. The molecule has 0 saturated carbocycles. The van der Waals surface area contributed by atoms with E-state index in [9.17, 15) is 18.0 Å². The fraction of sp³-hybridized carbons (Fsp3) is 0.308. The van der Waals surface area contributed by atoms with Gasteiger partial charge in [0.25, 0.3) is 5.56 Å². The van der Waals surface area contributed by atoms with Crippen molar-refractivity contribution < 1.29 is 17.6 Å². The zero-order chi connectivity index (χ0) is 14.8. The van der Waals surface area contributed by atoms with Gasteiger partial charge >= 0.3 is 6.18 Å². The number of alkyl halides is 3. The van der Waals surface area contributed by atoms with Crippen molar-refractivity contribution in [3.63, 3.8) is 0 Å². The second kappa shape index (κ2) is 5.54. The van der Waals surface area contributed by atoms with Crippen LogP contribution in [0.3, 0.4) is 0 Å². The van der Waals surface area contributed by atoms with E-state index in [0.29, 0.717) is 18.1 Å². The molecule has 0 aliphatic rings. The van der Waals surface area contributed by atoms with E-state index in [0.717, 1.165) is 22.9 Å². The van der Waals surface area contributed by atoms with Crippen LogP contribution in [0.2, 0.25) is 0 Å². The number of halogens is 3. The van der Waals surface area contributed by atoms with Gasteiger partial charge in [-0.2, -0.15) is 13.2 Å². The van der Waals surface area contributed by atoms with Crippen LogP contribution in [0.15, 0.2) is 39.7 Å². The highest BCUT2D eigenvalue weighted by atomic mass is 19.4. The van der Waals surface area contributed by atoms with Gasteiger partial charge < -0.3 is 14.3 Å². The minimum absolute atomic E-state index is 0.0353. The van der Waals surface area contributed by atoms with Gasteiger partial charge in [-0.1, -0.05) is 0 Å². The van der Waals surface area contributed by atoms with E-state index in [1.54, 1.807) is 19.2 Å². The zero-order valence-electron chi connectivity index (χ0n) is 10.7. The second-order valence-electron chi connectivity index (χ2n) is 4.28. The number of nitrogens with one attached hydrogen (secondary N) is 1. The SMILES string of the molecule is CNCc1ccc(Cn2cc(C(F)(F)F)ccc2=O)o1. The van der Waals surface area contributed by atoms with Crippen LogP contribution in [0.1, 0.15) is 17.1 Å². The van der Waals surface area contributed by atoms with Gasteiger partial charge in [0.05, 0.1) is 18.7 Å². The molecule has 2 aromatic rings. The van der Waals surface area contributed by atoms with Crippen LogP contribution in [0, 0.1) is 0 Å². The summed E-state index contributed by atoms with van der Waals surface area (Å²) >= 11 is 0. The first-order chi connectivity index (χ1) is 9.40. The number of rotatable bonds is 4. The molecule has 4 nitrogen and oxygen atoms in total. The fourth-order valence-electron chi connectivity index (χ4n) is 1.77. The van der Waals surface area contributed by atoms with Gasteiger partial charge in [0.15, 0.2) is 0 Å². The Morgan fingerprint density at radius 2 is 1.90 bits per heavy atom. The van der Waals surface area contributed by atoms with Gasteiger partial charge in [0, 0.05) is 12.3 Å². The molecule has 0 aliphatic heterocycles. The molecule has 0 bridgehead atoms. The zero-order valence-corrected chi connectivity index (χ0v) is 10.7. The Morgan fingerprint density at radius 1 is 1.20 bits per heavy atom. The Kier molecular flexibility index (Phi) is 3.99. The maximum absolute atomic E-state index is 12.6. The Bertz CT molecular complexity index is 644. The minimum atomic E-state index is -4.48. The number of hydrogen-bond donors (Lipinski definition) is 1. The third-order valence-corrected chi connectivity index (χ3v) is 2.71. The molecule has 0 aliphatic carbocycles. The summed E-state index contributed by atoms with van der Waals surface area (Å²) in [6.07, 6.45) is -3.68. The van der Waals surface area contributed by atoms with Gasteiger partial charge in [-0.25, -0.2) is 0 Å². The first kappa shape index (κ1) is 14.4. The van der Waals surface area contributed by atoms with E-state index in [2.05, 4.69) is 5.32 Å². The summed E-state index contributed by atoms with van der Waals surface area (Å²) in [5.74, 6) is 1.08. The Hall–Kier alpha value is -2.02. The lowest BCUT2D eigenvalue weighted by molar-refractivity contribution is -0.138. The van der Waals surface area contributed by atoms with Gasteiger partial charge in [0.1, 0.15) is 11.5 Å². The monoisotopic (exact) mass is 286 g/mol. The van der Waals surface area contributed by atoms with E-state index in [4.69, 9.17) is 4.42 Å². The molecule has 0 atom stereocenters. The first-order valence-electron chi connectivity index (χ1n) is 5.90. The topological polar surface area (TPSA) is 47.2 Å². The highest BCUT2D eigenvalue weighted by molar-refractivity contribution is 5.15. The van der Waals surface area contributed by atoms with Crippen molar-refractivity contribution in [1.29, 1.82) is 0 Å². The maximum Gasteiger partial charge on any atom is 0.417 e. The third-order valence-electron chi connectivity index (χ3n) is 2.71. The lowest BCUT2D eigenvalue weighted by Gasteiger charge is -2.09. The molecule has 7 heteroatoms. The molecule has 0 spiro atoms. The van der Waals surface area contributed by atoms with Crippen LogP contribution in [0.5, 0.6) is 0 Å². The predicted molar refractivity (Wildman–Crippen MR) is 66.3 cm³/mol. The molecule has 20 heavy (non-hydrogen) atoms. The number of pyridine rings is 1. The molecular formula is C13H13F3N2O2. The van der Waals surface area contributed by atoms with E-state index < -0.39 is 17.3 Å². The van der Waals surface area contributed by atoms with Crippen molar-refractivity contribution in [3.05, 3.63) is 57.9 Å². The van der Waals surface area contributed by atoms with Crippen molar-refractivity contribution in [3.8, 4) is 0 Å². The molecule has 2 heterocycles. The Balaban J connectivity index is 2.25. The van der Waals surface area contributed by atoms with Crippen LogP contribution in [-0.2, 0) is 19.3 Å². The Morgan fingerprint density at radius 3 is 2.55 bits per heavy atom. The first-order valence-corrected chi connectivity index (χ1v) is 5.90.